The van der Waals surface area contributed by atoms with Crippen LogP contribution < -0.4 is 10.1 Å². The smallest absolute Gasteiger partial charge is 0.416 e. The first-order valence-corrected chi connectivity index (χ1v) is 14.6. The number of alkyl halides is 3. The van der Waals surface area contributed by atoms with Gasteiger partial charge in [-0.15, -0.1) is 0 Å². The predicted molar refractivity (Wildman–Crippen MR) is 165 cm³/mol. The number of carbonyl (C=O) groups is 1. The fourth-order valence-electron chi connectivity index (χ4n) is 5.21. The maximum absolute atomic E-state index is 14.1. The summed E-state index contributed by atoms with van der Waals surface area (Å²) in [5, 5.41) is 2.67. The average Bonchev–Trinajstić information content (AvgIpc) is 3.40. The van der Waals surface area contributed by atoms with Crippen molar-refractivity contribution in [3.8, 4) is 23.0 Å². The highest BCUT2D eigenvalue weighted by atomic mass is 35.5. The van der Waals surface area contributed by atoms with Gasteiger partial charge in [0, 0.05) is 69.6 Å². The number of pyridine rings is 1. The third-order valence-corrected chi connectivity index (χ3v) is 8.02. The molecular weight excluding hydrogens is 607 g/mol. The van der Waals surface area contributed by atoms with E-state index in [9.17, 15) is 18.0 Å². The van der Waals surface area contributed by atoms with Crippen molar-refractivity contribution in [3.63, 3.8) is 0 Å². The van der Waals surface area contributed by atoms with Crippen molar-refractivity contribution >= 4 is 34.2 Å². The molecule has 1 fully saturated rings. The van der Waals surface area contributed by atoms with Gasteiger partial charge in [-0.3, -0.25) is 14.7 Å². The second kappa shape index (κ2) is 12.5. The molecule has 0 radical (unpaired) electrons. The number of piperazine rings is 1. The predicted octanol–water partition coefficient (Wildman–Crippen LogP) is 6.49. The van der Waals surface area contributed by atoms with E-state index in [0.717, 1.165) is 24.7 Å². The summed E-state index contributed by atoms with van der Waals surface area (Å²) >= 11 is 6.38. The van der Waals surface area contributed by atoms with Crippen LogP contribution >= 0.6 is 11.6 Å². The minimum atomic E-state index is -4.59. The van der Waals surface area contributed by atoms with Crippen LogP contribution in [0.5, 0.6) is 11.6 Å². The number of halogens is 4. The van der Waals surface area contributed by atoms with E-state index in [4.69, 9.17) is 16.3 Å². The lowest BCUT2D eigenvalue weighted by Gasteiger charge is -2.33. The highest BCUT2D eigenvalue weighted by molar-refractivity contribution is 6.34. The van der Waals surface area contributed by atoms with Crippen LogP contribution in [0.4, 0.5) is 18.9 Å². The lowest BCUT2D eigenvalue weighted by Crippen LogP contribution is -2.44. The van der Waals surface area contributed by atoms with E-state index in [1.54, 1.807) is 30.6 Å². The zero-order valence-electron chi connectivity index (χ0n) is 24.5. The van der Waals surface area contributed by atoms with Crippen molar-refractivity contribution in [2.75, 3.05) is 38.5 Å². The fraction of sp³-hybridized carbons (Fsp3) is 0.250. The van der Waals surface area contributed by atoms with Crippen molar-refractivity contribution in [2.45, 2.75) is 12.7 Å². The first-order chi connectivity index (χ1) is 21.5. The van der Waals surface area contributed by atoms with Crippen LogP contribution in [0.15, 0.2) is 73.2 Å². The molecule has 1 aliphatic heterocycles. The Morgan fingerprint density at radius 2 is 1.73 bits per heavy atom. The minimum Gasteiger partial charge on any atom is -0.437 e. The van der Waals surface area contributed by atoms with E-state index in [1.807, 2.05) is 35.8 Å². The SMILES string of the molecule is CN1CCN(Cc2ccc(NC(=O)c3cc(Oc4nc(-c5ccncc5)nc5ccn(C)c45)ccc3Cl)cc2C(F)(F)F)CC1. The monoisotopic (exact) mass is 635 g/mol. The third-order valence-electron chi connectivity index (χ3n) is 7.69. The zero-order chi connectivity index (χ0) is 31.7. The van der Waals surface area contributed by atoms with Gasteiger partial charge in [-0.1, -0.05) is 17.7 Å². The van der Waals surface area contributed by atoms with E-state index in [0.29, 0.717) is 29.9 Å². The van der Waals surface area contributed by atoms with Gasteiger partial charge in [-0.2, -0.15) is 18.2 Å². The topological polar surface area (TPSA) is 88.4 Å². The lowest BCUT2D eigenvalue weighted by molar-refractivity contribution is -0.138. The number of aromatic nitrogens is 4. The van der Waals surface area contributed by atoms with Gasteiger partial charge in [0.05, 0.1) is 21.7 Å². The average molecular weight is 636 g/mol. The van der Waals surface area contributed by atoms with Crippen LogP contribution in [-0.4, -0.2) is 68.5 Å². The number of carbonyl (C=O) groups excluding carboxylic acids is 1. The summed E-state index contributed by atoms with van der Waals surface area (Å²) in [5.41, 5.74) is 1.41. The normalized spacial score (nSPS) is 14.5. The molecule has 0 bridgehead atoms. The molecule has 0 aliphatic carbocycles. The van der Waals surface area contributed by atoms with Gasteiger partial charge >= 0.3 is 6.18 Å². The van der Waals surface area contributed by atoms with Crippen LogP contribution in [0.25, 0.3) is 22.4 Å². The van der Waals surface area contributed by atoms with Crippen LogP contribution in [0.2, 0.25) is 5.02 Å². The van der Waals surface area contributed by atoms with Gasteiger partial charge in [0.25, 0.3) is 5.91 Å². The molecule has 1 amide bonds. The number of nitrogens with one attached hydrogen (secondary N) is 1. The second-order valence-electron chi connectivity index (χ2n) is 10.9. The Morgan fingerprint density at radius 3 is 2.47 bits per heavy atom. The van der Waals surface area contributed by atoms with Gasteiger partial charge in [-0.05, 0) is 61.1 Å². The highest BCUT2D eigenvalue weighted by Crippen LogP contribution is 2.36. The number of amides is 1. The van der Waals surface area contributed by atoms with Crippen LogP contribution in [0, 0.1) is 0 Å². The fourth-order valence-corrected chi connectivity index (χ4v) is 5.41. The van der Waals surface area contributed by atoms with Gasteiger partial charge in [0.2, 0.25) is 5.88 Å². The summed E-state index contributed by atoms with van der Waals surface area (Å²) in [6, 6.07) is 13.7. The zero-order valence-corrected chi connectivity index (χ0v) is 25.2. The summed E-state index contributed by atoms with van der Waals surface area (Å²) in [7, 11) is 3.82. The number of aryl methyl sites for hydroxylation is 1. The molecule has 0 unspecified atom stereocenters. The molecule has 45 heavy (non-hydrogen) atoms. The Morgan fingerprint density at radius 1 is 0.978 bits per heavy atom. The van der Waals surface area contributed by atoms with Gasteiger partial charge < -0.3 is 19.5 Å². The molecule has 2 aromatic carbocycles. The summed E-state index contributed by atoms with van der Waals surface area (Å²) in [6.45, 7) is 3.11. The maximum atomic E-state index is 14.1. The van der Waals surface area contributed by atoms with Crippen molar-refractivity contribution in [2.24, 2.45) is 7.05 Å². The van der Waals surface area contributed by atoms with E-state index >= 15 is 0 Å². The maximum Gasteiger partial charge on any atom is 0.416 e. The Labute approximate surface area is 262 Å². The number of benzene rings is 2. The van der Waals surface area contributed by atoms with Crippen molar-refractivity contribution in [3.05, 3.63) is 94.9 Å². The van der Waals surface area contributed by atoms with Crippen LogP contribution in [0.1, 0.15) is 21.5 Å². The number of rotatable bonds is 7. The van der Waals surface area contributed by atoms with E-state index in [1.165, 1.54) is 24.3 Å². The number of hydrogen-bond donors (Lipinski definition) is 1. The van der Waals surface area contributed by atoms with Crippen molar-refractivity contribution < 1.29 is 22.7 Å². The van der Waals surface area contributed by atoms with Gasteiger partial charge in [0.1, 0.15) is 11.3 Å². The van der Waals surface area contributed by atoms with Gasteiger partial charge in [0.15, 0.2) is 5.82 Å². The molecular formula is C32H29ClF3N7O2. The molecule has 3 aromatic heterocycles. The quantitative estimate of drug-likeness (QED) is 0.219. The molecule has 1 N–H and O–H groups in total. The molecule has 6 rings (SSSR count). The number of hydrogen-bond acceptors (Lipinski definition) is 7. The Hall–Kier alpha value is -4.52. The number of fused-ring (bicyclic) bond motifs is 1. The second-order valence-corrected chi connectivity index (χ2v) is 11.3. The third kappa shape index (κ3) is 6.77. The van der Waals surface area contributed by atoms with Crippen LogP contribution in [0.3, 0.4) is 0 Å². The summed E-state index contributed by atoms with van der Waals surface area (Å²) in [5.74, 6) is 0.243. The standard InChI is InChI=1S/C32H29ClF3N7O2/c1-41-13-15-43(16-14-41)19-21-3-4-22(17-25(21)32(34,35)36)38-30(44)24-18-23(5-6-26(24)33)45-31-28-27(9-12-42(28)2)39-29(40-31)20-7-10-37-11-8-20/h3-12,17-18H,13-16,19H2,1-2H3,(H,38,44). The Balaban J connectivity index is 1.25. The summed E-state index contributed by atoms with van der Waals surface area (Å²) in [4.78, 5) is 30.7. The summed E-state index contributed by atoms with van der Waals surface area (Å²) in [6.07, 6.45) is 0.506. The molecule has 0 saturated carbocycles. The molecule has 232 valence electrons. The molecule has 4 heterocycles. The van der Waals surface area contributed by atoms with Gasteiger partial charge in [-0.25, -0.2) is 4.98 Å². The first-order valence-electron chi connectivity index (χ1n) is 14.2. The molecule has 13 heteroatoms. The number of nitrogens with zero attached hydrogens (tertiary/aromatic N) is 6. The molecule has 9 nitrogen and oxygen atoms in total. The number of likely N-dealkylation sites (N-methyl/N-ethyl adjacent to an activating group) is 1. The molecule has 0 atom stereocenters. The minimum absolute atomic E-state index is 0.000141. The Kier molecular flexibility index (Phi) is 8.45. The molecule has 1 aliphatic rings. The van der Waals surface area contributed by atoms with E-state index in [2.05, 4.69) is 25.2 Å². The summed E-state index contributed by atoms with van der Waals surface area (Å²) < 4.78 is 50.2. The Bertz CT molecular complexity index is 1860. The molecule has 1 saturated heterocycles. The van der Waals surface area contributed by atoms with E-state index < -0.39 is 17.6 Å². The van der Waals surface area contributed by atoms with Crippen molar-refractivity contribution in [1.82, 2.24) is 29.3 Å². The number of anilines is 1. The van der Waals surface area contributed by atoms with E-state index in [-0.39, 0.29) is 40.0 Å². The molecule has 0 spiro atoms. The highest BCUT2D eigenvalue weighted by Gasteiger charge is 2.34. The van der Waals surface area contributed by atoms with Crippen LogP contribution in [-0.2, 0) is 19.8 Å². The lowest BCUT2D eigenvalue weighted by atomic mass is 10.0. The number of ether oxygens (including phenoxy) is 1. The first kappa shape index (κ1) is 30.5. The van der Waals surface area contributed by atoms with Crippen molar-refractivity contribution in [1.29, 1.82) is 0 Å². The molecule has 5 aromatic rings. The largest absolute Gasteiger partial charge is 0.437 e.